The van der Waals surface area contributed by atoms with E-state index >= 15 is 0 Å². The van der Waals surface area contributed by atoms with E-state index in [9.17, 15) is 4.79 Å². The molecule has 4 aromatic rings. The summed E-state index contributed by atoms with van der Waals surface area (Å²) >= 11 is 0. The molecule has 1 N–H and O–H groups in total. The second-order valence-electron chi connectivity index (χ2n) is 7.25. The van der Waals surface area contributed by atoms with Crippen molar-refractivity contribution in [3.05, 3.63) is 84.3 Å². The maximum Gasteiger partial charge on any atom is 0.244 e. The van der Waals surface area contributed by atoms with Crippen LogP contribution in [0.2, 0.25) is 0 Å². The van der Waals surface area contributed by atoms with Gasteiger partial charge in [-0.25, -0.2) is 9.97 Å². The van der Waals surface area contributed by atoms with Crippen molar-refractivity contribution in [3.8, 4) is 17.3 Å². The van der Waals surface area contributed by atoms with Crippen LogP contribution in [0, 0.1) is 0 Å². The Bertz CT molecular complexity index is 1260. The first-order valence-electron chi connectivity index (χ1n) is 10.9. The van der Waals surface area contributed by atoms with E-state index in [4.69, 9.17) is 9.47 Å². The summed E-state index contributed by atoms with van der Waals surface area (Å²) in [5, 5.41) is 2.88. The van der Waals surface area contributed by atoms with E-state index < -0.39 is 0 Å². The molecule has 0 unspecified atom stereocenters. The van der Waals surface area contributed by atoms with Gasteiger partial charge in [0.25, 0.3) is 0 Å². The van der Waals surface area contributed by atoms with Crippen LogP contribution in [0.25, 0.3) is 22.9 Å². The van der Waals surface area contributed by atoms with Gasteiger partial charge in [-0.05, 0) is 61.4 Å². The van der Waals surface area contributed by atoms with Crippen LogP contribution in [0.1, 0.15) is 25.0 Å². The van der Waals surface area contributed by atoms with Gasteiger partial charge in [0.05, 0.1) is 24.2 Å². The molecule has 0 saturated carbocycles. The summed E-state index contributed by atoms with van der Waals surface area (Å²) in [6.07, 6.45) is 6.77. The van der Waals surface area contributed by atoms with Gasteiger partial charge >= 0.3 is 0 Å². The number of aromatic nitrogens is 3. The third kappa shape index (κ3) is 5.38. The monoisotopic (exact) mass is 442 g/mol. The molecule has 0 saturated heterocycles. The van der Waals surface area contributed by atoms with Crippen molar-refractivity contribution in [2.75, 3.05) is 13.2 Å². The van der Waals surface area contributed by atoms with Crippen LogP contribution in [-0.4, -0.2) is 33.7 Å². The smallest absolute Gasteiger partial charge is 0.244 e. The van der Waals surface area contributed by atoms with Gasteiger partial charge in [-0.2, -0.15) is 0 Å². The maximum absolute atomic E-state index is 12.3. The Balaban J connectivity index is 1.36. The van der Waals surface area contributed by atoms with Gasteiger partial charge in [0, 0.05) is 18.8 Å². The summed E-state index contributed by atoms with van der Waals surface area (Å²) in [6.45, 7) is 5.33. The number of carbonyl (C=O) groups excluding carboxylic acids is 1. The number of imidazole rings is 1. The molecule has 0 radical (unpaired) electrons. The number of hydrogen-bond acceptors (Lipinski definition) is 5. The number of ether oxygens (including phenoxy) is 2. The Kier molecular flexibility index (Phi) is 6.99. The lowest BCUT2D eigenvalue weighted by Gasteiger charge is -2.11. The second kappa shape index (κ2) is 10.5. The number of carbonyl (C=O) groups is 1. The van der Waals surface area contributed by atoms with Gasteiger partial charge in [-0.1, -0.05) is 24.3 Å². The highest BCUT2D eigenvalue weighted by molar-refractivity contribution is 5.91. The molecule has 2 aromatic heterocycles. The summed E-state index contributed by atoms with van der Waals surface area (Å²) in [4.78, 5) is 21.2. The first-order chi connectivity index (χ1) is 16.2. The molecule has 2 aromatic carbocycles. The number of nitrogens with one attached hydrogen (secondary N) is 1. The second-order valence-corrected chi connectivity index (χ2v) is 7.25. The van der Waals surface area contributed by atoms with E-state index in [0.717, 1.165) is 28.0 Å². The van der Waals surface area contributed by atoms with Crippen LogP contribution in [-0.2, 0) is 11.3 Å². The molecule has 0 fully saturated rings. The summed E-state index contributed by atoms with van der Waals surface area (Å²) in [6, 6.07) is 17.4. The minimum Gasteiger partial charge on any atom is -0.490 e. The first kappa shape index (κ1) is 22.1. The van der Waals surface area contributed by atoms with Crippen LogP contribution in [0.5, 0.6) is 11.5 Å². The third-order valence-corrected chi connectivity index (χ3v) is 4.97. The number of rotatable bonds is 9. The zero-order valence-corrected chi connectivity index (χ0v) is 18.7. The molecule has 0 aliphatic heterocycles. The predicted octanol–water partition coefficient (Wildman–Crippen LogP) is 4.55. The summed E-state index contributed by atoms with van der Waals surface area (Å²) < 4.78 is 13.1. The SMILES string of the molecule is CCOc1ccc(/C=C/C(=O)NCc2ccc(-n3cnc4ccccc43)nc2)cc1OCC. The van der Waals surface area contributed by atoms with Crippen LogP contribution >= 0.6 is 0 Å². The molecular weight excluding hydrogens is 416 g/mol. The van der Waals surface area contributed by atoms with Crippen LogP contribution < -0.4 is 14.8 Å². The topological polar surface area (TPSA) is 78.3 Å². The average molecular weight is 443 g/mol. The Morgan fingerprint density at radius 1 is 1.00 bits per heavy atom. The zero-order chi connectivity index (χ0) is 23.0. The number of para-hydroxylation sites is 2. The van der Waals surface area contributed by atoms with Crippen molar-refractivity contribution in [2.45, 2.75) is 20.4 Å². The summed E-state index contributed by atoms with van der Waals surface area (Å²) in [5.41, 5.74) is 3.68. The number of fused-ring (bicyclic) bond motifs is 1. The zero-order valence-electron chi connectivity index (χ0n) is 18.7. The van der Waals surface area contributed by atoms with E-state index in [1.807, 2.05) is 73.0 Å². The molecule has 2 heterocycles. The van der Waals surface area contributed by atoms with Gasteiger partial charge in [-0.15, -0.1) is 0 Å². The third-order valence-electron chi connectivity index (χ3n) is 4.97. The van der Waals surface area contributed by atoms with Crippen molar-refractivity contribution in [1.29, 1.82) is 0 Å². The number of amides is 1. The average Bonchev–Trinajstić information content (AvgIpc) is 3.28. The van der Waals surface area contributed by atoms with E-state index in [1.165, 1.54) is 6.08 Å². The quantitative estimate of drug-likeness (QED) is 0.385. The van der Waals surface area contributed by atoms with Gasteiger partial charge in [-0.3, -0.25) is 9.36 Å². The molecule has 0 atom stereocenters. The normalized spacial score (nSPS) is 11.1. The summed E-state index contributed by atoms with van der Waals surface area (Å²) in [7, 11) is 0. The fraction of sp³-hybridized carbons (Fsp3) is 0.192. The largest absolute Gasteiger partial charge is 0.490 e. The fourth-order valence-corrected chi connectivity index (χ4v) is 3.40. The maximum atomic E-state index is 12.3. The minimum absolute atomic E-state index is 0.188. The number of benzene rings is 2. The first-order valence-corrected chi connectivity index (χ1v) is 10.9. The fourth-order valence-electron chi connectivity index (χ4n) is 3.40. The van der Waals surface area contributed by atoms with E-state index in [2.05, 4.69) is 15.3 Å². The highest BCUT2D eigenvalue weighted by Gasteiger charge is 2.07. The molecule has 4 rings (SSSR count). The molecule has 0 spiro atoms. The van der Waals surface area contributed by atoms with E-state index in [0.29, 0.717) is 31.3 Å². The lowest BCUT2D eigenvalue weighted by molar-refractivity contribution is -0.116. The van der Waals surface area contributed by atoms with Crippen molar-refractivity contribution in [1.82, 2.24) is 19.9 Å². The van der Waals surface area contributed by atoms with Crippen molar-refractivity contribution < 1.29 is 14.3 Å². The van der Waals surface area contributed by atoms with Crippen LogP contribution in [0.3, 0.4) is 0 Å². The highest BCUT2D eigenvalue weighted by Crippen LogP contribution is 2.29. The molecule has 0 aliphatic carbocycles. The van der Waals surface area contributed by atoms with Crippen LogP contribution in [0.4, 0.5) is 0 Å². The van der Waals surface area contributed by atoms with Crippen molar-refractivity contribution >= 4 is 23.0 Å². The number of nitrogens with zero attached hydrogens (tertiary/aromatic N) is 3. The van der Waals surface area contributed by atoms with E-state index in [-0.39, 0.29) is 5.91 Å². The van der Waals surface area contributed by atoms with Crippen molar-refractivity contribution in [2.24, 2.45) is 0 Å². The molecule has 0 bridgehead atoms. The molecule has 168 valence electrons. The van der Waals surface area contributed by atoms with Gasteiger partial charge in [0.15, 0.2) is 11.5 Å². The van der Waals surface area contributed by atoms with Gasteiger partial charge in [0.2, 0.25) is 5.91 Å². The minimum atomic E-state index is -0.188. The molecule has 7 heteroatoms. The highest BCUT2D eigenvalue weighted by atomic mass is 16.5. The lowest BCUT2D eigenvalue weighted by Crippen LogP contribution is -2.20. The van der Waals surface area contributed by atoms with Gasteiger partial charge in [0.1, 0.15) is 12.1 Å². The van der Waals surface area contributed by atoms with Crippen LogP contribution in [0.15, 0.2) is 73.2 Å². The molecular formula is C26H26N4O3. The Morgan fingerprint density at radius 2 is 1.82 bits per heavy atom. The Labute approximate surface area is 192 Å². The lowest BCUT2D eigenvalue weighted by atomic mass is 10.2. The molecule has 0 aliphatic rings. The van der Waals surface area contributed by atoms with E-state index in [1.54, 1.807) is 18.6 Å². The Morgan fingerprint density at radius 3 is 2.61 bits per heavy atom. The standard InChI is InChI=1S/C26H26N4O3/c1-3-32-23-12-9-19(15-24(23)33-4-2)11-14-26(31)28-17-20-10-13-25(27-16-20)30-18-29-21-7-5-6-8-22(21)30/h5-16,18H,3-4,17H2,1-2H3,(H,28,31)/b14-11+. The van der Waals surface area contributed by atoms with Gasteiger partial charge < -0.3 is 14.8 Å². The molecule has 1 amide bonds. The molecule has 33 heavy (non-hydrogen) atoms. The number of pyridine rings is 1. The number of hydrogen-bond donors (Lipinski definition) is 1. The summed E-state index contributed by atoms with van der Waals surface area (Å²) in [5.74, 6) is 1.95. The molecule has 7 nitrogen and oxygen atoms in total. The predicted molar refractivity (Wildman–Crippen MR) is 129 cm³/mol. The Hall–Kier alpha value is -4.13. The van der Waals surface area contributed by atoms with Crippen molar-refractivity contribution in [3.63, 3.8) is 0 Å².